The molecular formula is C12H14FN5O6. The fourth-order valence-electron chi connectivity index (χ4n) is 2.47. The minimum Gasteiger partial charge on any atom is -0.480 e. The molecule has 1 saturated heterocycles. The summed E-state index contributed by atoms with van der Waals surface area (Å²) in [5, 5.41) is 40.1. The van der Waals surface area contributed by atoms with Crippen molar-refractivity contribution in [2.24, 2.45) is 0 Å². The molecule has 3 rings (SSSR count). The highest BCUT2D eigenvalue weighted by molar-refractivity contribution is 5.84. The Kier molecular flexibility index (Phi) is 4.28. The van der Waals surface area contributed by atoms with Crippen molar-refractivity contribution in [3.63, 3.8) is 0 Å². The first-order valence-electron chi connectivity index (χ1n) is 6.90. The number of carbonyl (C=O) groups is 1. The number of carboxylic acids is 1. The second kappa shape index (κ2) is 6.24. The van der Waals surface area contributed by atoms with Gasteiger partial charge in [0.1, 0.15) is 24.9 Å². The van der Waals surface area contributed by atoms with Gasteiger partial charge in [-0.15, -0.1) is 0 Å². The third-order valence-electron chi connectivity index (χ3n) is 3.59. The molecule has 0 bridgehead atoms. The van der Waals surface area contributed by atoms with Gasteiger partial charge in [0.15, 0.2) is 23.2 Å². The van der Waals surface area contributed by atoms with Crippen molar-refractivity contribution in [3.8, 4) is 0 Å². The van der Waals surface area contributed by atoms with E-state index in [4.69, 9.17) is 14.9 Å². The number of rotatable bonds is 5. The highest BCUT2D eigenvalue weighted by Crippen LogP contribution is 2.32. The van der Waals surface area contributed by atoms with E-state index in [0.29, 0.717) is 0 Å². The van der Waals surface area contributed by atoms with Gasteiger partial charge in [0.05, 0.1) is 12.9 Å². The predicted molar refractivity (Wildman–Crippen MR) is 74.4 cm³/mol. The van der Waals surface area contributed by atoms with Gasteiger partial charge in [-0.2, -0.15) is 14.4 Å². The van der Waals surface area contributed by atoms with E-state index in [-0.39, 0.29) is 17.0 Å². The summed E-state index contributed by atoms with van der Waals surface area (Å²) < 4.78 is 20.2. The summed E-state index contributed by atoms with van der Waals surface area (Å²) in [6, 6.07) is 0. The fourth-order valence-corrected chi connectivity index (χ4v) is 2.47. The van der Waals surface area contributed by atoms with E-state index in [2.05, 4.69) is 20.3 Å². The SMILES string of the molecule is O=C(O)CNc1nc(F)nc2c1ncn2C1O[C@H](CO)[C@@H](O)[C@@H]1O. The number of aliphatic carboxylic acids is 1. The molecule has 1 aliphatic rings. The van der Waals surface area contributed by atoms with Gasteiger partial charge in [-0.3, -0.25) is 9.36 Å². The molecule has 1 fully saturated rings. The number of fused-ring (bicyclic) bond motifs is 1. The lowest BCUT2D eigenvalue weighted by molar-refractivity contribution is -0.134. The summed E-state index contributed by atoms with van der Waals surface area (Å²) in [6.07, 6.45) is -4.85. The van der Waals surface area contributed by atoms with Crippen molar-refractivity contribution in [2.75, 3.05) is 18.5 Å². The van der Waals surface area contributed by atoms with Crippen LogP contribution in [0.5, 0.6) is 0 Å². The van der Waals surface area contributed by atoms with Crippen LogP contribution in [0.1, 0.15) is 6.23 Å². The number of nitrogens with one attached hydrogen (secondary N) is 1. The molecule has 0 aromatic carbocycles. The molecule has 1 unspecified atom stereocenters. The maximum absolute atomic E-state index is 13.6. The maximum Gasteiger partial charge on any atom is 0.322 e. The molecule has 130 valence electrons. The van der Waals surface area contributed by atoms with E-state index in [1.54, 1.807) is 0 Å². The number of hydrogen-bond donors (Lipinski definition) is 5. The van der Waals surface area contributed by atoms with Crippen molar-refractivity contribution in [2.45, 2.75) is 24.5 Å². The van der Waals surface area contributed by atoms with Crippen LogP contribution in [0.2, 0.25) is 0 Å². The summed E-state index contributed by atoms with van der Waals surface area (Å²) in [5.41, 5.74) is 0.000571. The Morgan fingerprint density at radius 3 is 2.75 bits per heavy atom. The quantitative estimate of drug-likeness (QED) is 0.386. The molecule has 0 aliphatic carbocycles. The molecule has 2 aromatic rings. The summed E-state index contributed by atoms with van der Waals surface area (Å²) >= 11 is 0. The molecule has 0 radical (unpaired) electrons. The lowest BCUT2D eigenvalue weighted by Gasteiger charge is -2.16. The molecule has 0 spiro atoms. The van der Waals surface area contributed by atoms with Crippen LogP contribution in [0.25, 0.3) is 11.2 Å². The molecule has 1 aliphatic heterocycles. The number of halogens is 1. The average Bonchev–Trinajstić information content (AvgIpc) is 3.07. The molecule has 4 atom stereocenters. The van der Waals surface area contributed by atoms with Crippen LogP contribution in [-0.2, 0) is 9.53 Å². The molecule has 5 N–H and O–H groups in total. The lowest BCUT2D eigenvalue weighted by atomic mass is 10.1. The molecule has 12 heteroatoms. The Labute approximate surface area is 133 Å². The van der Waals surface area contributed by atoms with E-state index in [1.807, 2.05) is 0 Å². The summed E-state index contributed by atoms with van der Waals surface area (Å²) in [6.45, 7) is -1.03. The average molecular weight is 343 g/mol. The molecule has 11 nitrogen and oxygen atoms in total. The van der Waals surface area contributed by atoms with Gasteiger partial charge in [0.2, 0.25) is 0 Å². The number of anilines is 1. The van der Waals surface area contributed by atoms with Gasteiger partial charge in [0, 0.05) is 0 Å². The minimum atomic E-state index is -1.40. The summed E-state index contributed by atoms with van der Waals surface area (Å²) in [4.78, 5) is 21.6. The van der Waals surface area contributed by atoms with Crippen LogP contribution < -0.4 is 5.32 Å². The number of aliphatic hydroxyl groups excluding tert-OH is 3. The molecule has 0 amide bonds. The van der Waals surface area contributed by atoms with Crippen LogP contribution in [0.15, 0.2) is 6.33 Å². The van der Waals surface area contributed by atoms with E-state index < -0.39 is 49.7 Å². The summed E-state index contributed by atoms with van der Waals surface area (Å²) in [5.74, 6) is -1.31. The van der Waals surface area contributed by atoms with Crippen LogP contribution >= 0.6 is 0 Å². The van der Waals surface area contributed by atoms with Crippen LogP contribution in [-0.4, -0.2) is 77.4 Å². The van der Waals surface area contributed by atoms with Gasteiger partial charge < -0.3 is 30.5 Å². The van der Waals surface area contributed by atoms with Crippen LogP contribution in [0.3, 0.4) is 0 Å². The van der Waals surface area contributed by atoms with Crippen molar-refractivity contribution in [3.05, 3.63) is 12.4 Å². The third-order valence-corrected chi connectivity index (χ3v) is 3.59. The number of aliphatic hydroxyl groups is 3. The number of imidazole rings is 1. The van der Waals surface area contributed by atoms with E-state index in [0.717, 1.165) is 0 Å². The van der Waals surface area contributed by atoms with Crippen LogP contribution in [0.4, 0.5) is 10.2 Å². The number of carboxylic acid groups (broad SMARTS) is 1. The smallest absolute Gasteiger partial charge is 0.322 e. The minimum absolute atomic E-state index is 0.0646. The molecule has 0 saturated carbocycles. The monoisotopic (exact) mass is 343 g/mol. The van der Waals surface area contributed by atoms with Crippen molar-refractivity contribution in [1.29, 1.82) is 0 Å². The molecule has 24 heavy (non-hydrogen) atoms. The first-order chi connectivity index (χ1) is 11.4. The third kappa shape index (κ3) is 2.75. The Bertz CT molecular complexity index is 770. The predicted octanol–water partition coefficient (Wildman–Crippen LogP) is -1.93. The van der Waals surface area contributed by atoms with E-state index in [1.165, 1.54) is 10.9 Å². The van der Waals surface area contributed by atoms with Gasteiger partial charge in [-0.05, 0) is 0 Å². The topological polar surface area (TPSA) is 163 Å². The number of ether oxygens (including phenoxy) is 1. The van der Waals surface area contributed by atoms with Crippen LogP contribution in [0, 0.1) is 6.08 Å². The molecule has 2 aromatic heterocycles. The Balaban J connectivity index is 2.00. The number of nitrogens with zero attached hydrogens (tertiary/aromatic N) is 4. The van der Waals surface area contributed by atoms with Crippen molar-refractivity contribution < 1.29 is 34.3 Å². The fraction of sp³-hybridized carbons (Fsp3) is 0.500. The molecule has 3 heterocycles. The second-order valence-electron chi connectivity index (χ2n) is 5.14. The number of hydrogen-bond acceptors (Lipinski definition) is 9. The first-order valence-corrected chi connectivity index (χ1v) is 6.90. The first kappa shape index (κ1) is 16.4. The lowest BCUT2D eigenvalue weighted by Crippen LogP contribution is -2.33. The Hall–Kier alpha value is -2.41. The largest absolute Gasteiger partial charge is 0.480 e. The van der Waals surface area contributed by atoms with E-state index >= 15 is 0 Å². The normalized spacial score (nSPS) is 26.8. The second-order valence-corrected chi connectivity index (χ2v) is 5.14. The standard InChI is InChI=1S/C12H14FN5O6/c13-12-16-9(14-1-5(20)21)6-10(17-12)18(3-15-6)11-8(23)7(22)4(2-19)24-11/h3-4,7-8,11,19,22-23H,1-2H2,(H,20,21)(H,14,16,17)/t4-,7-,8+,11?/m1/s1. The van der Waals surface area contributed by atoms with Gasteiger partial charge >= 0.3 is 12.0 Å². The zero-order chi connectivity index (χ0) is 17.4. The Morgan fingerprint density at radius 2 is 2.12 bits per heavy atom. The number of aromatic nitrogens is 4. The summed E-state index contributed by atoms with van der Waals surface area (Å²) in [7, 11) is 0. The van der Waals surface area contributed by atoms with Gasteiger partial charge in [-0.1, -0.05) is 0 Å². The van der Waals surface area contributed by atoms with Crippen molar-refractivity contribution in [1.82, 2.24) is 19.5 Å². The van der Waals surface area contributed by atoms with E-state index in [9.17, 15) is 19.4 Å². The zero-order valence-electron chi connectivity index (χ0n) is 12.1. The maximum atomic E-state index is 13.6. The van der Waals surface area contributed by atoms with Crippen molar-refractivity contribution >= 4 is 23.0 Å². The van der Waals surface area contributed by atoms with Gasteiger partial charge in [-0.25, -0.2) is 4.98 Å². The Morgan fingerprint density at radius 1 is 1.38 bits per heavy atom. The zero-order valence-corrected chi connectivity index (χ0v) is 12.1. The highest BCUT2D eigenvalue weighted by atomic mass is 19.1. The molecular weight excluding hydrogens is 329 g/mol. The highest BCUT2D eigenvalue weighted by Gasteiger charge is 2.44. The van der Waals surface area contributed by atoms with Gasteiger partial charge in [0.25, 0.3) is 0 Å².